The summed E-state index contributed by atoms with van der Waals surface area (Å²) in [6.45, 7) is 1.36. The number of nitrogens with zero attached hydrogens (tertiary/aromatic N) is 3. The molecule has 1 aliphatic heterocycles. The highest BCUT2D eigenvalue weighted by atomic mass is 32.2. The predicted molar refractivity (Wildman–Crippen MR) is 92.0 cm³/mol. The number of carbonyl (C=O) groups excluding carboxylic acids is 1. The second kappa shape index (κ2) is 6.57. The van der Waals surface area contributed by atoms with Gasteiger partial charge in [0, 0.05) is 35.8 Å². The summed E-state index contributed by atoms with van der Waals surface area (Å²) in [6.07, 6.45) is 0.445. The van der Waals surface area contributed by atoms with Gasteiger partial charge in [0.25, 0.3) is 0 Å². The van der Waals surface area contributed by atoms with Gasteiger partial charge in [0.1, 0.15) is 5.75 Å². The highest BCUT2D eigenvalue weighted by Gasteiger charge is 2.58. The lowest BCUT2D eigenvalue weighted by atomic mass is 9.93. The summed E-state index contributed by atoms with van der Waals surface area (Å²) in [5, 5.41) is 5.91. The van der Waals surface area contributed by atoms with Crippen molar-refractivity contribution in [3.63, 3.8) is 0 Å². The van der Waals surface area contributed by atoms with Gasteiger partial charge in [-0.25, -0.2) is 8.42 Å². The fourth-order valence-electron chi connectivity index (χ4n) is 4.26. The molecule has 1 aliphatic carbocycles. The first kappa shape index (κ1) is 17.6. The highest BCUT2D eigenvalue weighted by molar-refractivity contribution is 7.92. The molecule has 1 heterocycles. The molecule has 0 bridgehead atoms. The smallest absolute Gasteiger partial charge is 0.217 e. The van der Waals surface area contributed by atoms with E-state index >= 15 is 0 Å². The van der Waals surface area contributed by atoms with Crippen molar-refractivity contribution in [2.24, 2.45) is 11.0 Å². The van der Waals surface area contributed by atoms with Crippen LogP contribution in [0.5, 0.6) is 5.75 Å². The number of methoxy groups -OCH3 is 1. The van der Waals surface area contributed by atoms with E-state index in [1.807, 2.05) is 12.1 Å². The Kier molecular flexibility index (Phi) is 4.62. The number of benzene rings is 1. The van der Waals surface area contributed by atoms with Crippen LogP contribution in [-0.4, -0.2) is 44.5 Å². The minimum atomic E-state index is -3.41. The zero-order chi connectivity index (χ0) is 18.2. The maximum Gasteiger partial charge on any atom is 0.217 e. The number of rotatable bonds is 4. The molecule has 3 rings (SSSR count). The van der Waals surface area contributed by atoms with Crippen molar-refractivity contribution in [1.29, 1.82) is 0 Å². The molecular weight excluding hydrogens is 344 g/mol. The molecule has 134 valence electrons. The Hall–Kier alpha value is -2.25. The maximum atomic E-state index is 12.8. The van der Waals surface area contributed by atoms with Gasteiger partial charge >= 0.3 is 0 Å². The monoisotopic (exact) mass is 364 g/mol. The lowest BCUT2D eigenvalue weighted by Gasteiger charge is -2.21. The zero-order valence-electron chi connectivity index (χ0n) is 14.0. The molecule has 0 unspecified atom stereocenters. The standard InChI is InChI=1S/C16H20N4O4S/c1-9(21)18-14-8-25(22,23)16-12(7-13(15(14)16)19-20-17)10-3-5-11(24-2)6-4-10/h3-6,12-16H,7-8H2,1-2H3,(H,18,21)/t12-,13-,14+,15-,16-/m1/s1. The summed E-state index contributed by atoms with van der Waals surface area (Å²) in [7, 11) is -1.84. The number of fused-ring (bicyclic) bond motifs is 1. The van der Waals surface area contributed by atoms with Crippen LogP contribution in [-0.2, 0) is 14.6 Å². The Bertz CT molecular complexity index is 817. The van der Waals surface area contributed by atoms with Gasteiger partial charge in [-0.15, -0.1) is 0 Å². The van der Waals surface area contributed by atoms with Crippen molar-refractivity contribution < 1.29 is 17.9 Å². The van der Waals surface area contributed by atoms with Crippen molar-refractivity contribution in [3.05, 3.63) is 40.3 Å². The maximum absolute atomic E-state index is 12.8. The number of carbonyl (C=O) groups is 1. The van der Waals surface area contributed by atoms with E-state index in [-0.39, 0.29) is 17.6 Å². The first-order chi connectivity index (χ1) is 11.9. The van der Waals surface area contributed by atoms with Crippen molar-refractivity contribution in [1.82, 2.24) is 5.32 Å². The Balaban J connectivity index is 2.01. The molecule has 1 saturated carbocycles. The first-order valence-electron chi connectivity index (χ1n) is 8.04. The van der Waals surface area contributed by atoms with Gasteiger partial charge < -0.3 is 10.1 Å². The van der Waals surface area contributed by atoms with Gasteiger partial charge in [0.05, 0.1) is 18.1 Å². The molecule has 5 atom stereocenters. The van der Waals surface area contributed by atoms with Crippen LogP contribution in [0.15, 0.2) is 29.4 Å². The van der Waals surface area contributed by atoms with Gasteiger partial charge in [0.15, 0.2) is 9.84 Å². The molecule has 8 nitrogen and oxygen atoms in total. The van der Waals surface area contributed by atoms with Crippen molar-refractivity contribution in [3.8, 4) is 5.75 Å². The third kappa shape index (κ3) is 3.17. The van der Waals surface area contributed by atoms with Crippen LogP contribution in [0.2, 0.25) is 0 Å². The molecule has 1 aromatic rings. The quantitative estimate of drug-likeness (QED) is 0.497. The van der Waals surface area contributed by atoms with E-state index in [0.717, 1.165) is 5.56 Å². The predicted octanol–water partition coefficient (Wildman–Crippen LogP) is 1.78. The summed E-state index contributed by atoms with van der Waals surface area (Å²) in [5.74, 6) is -0.387. The van der Waals surface area contributed by atoms with Crippen LogP contribution in [0, 0.1) is 5.92 Å². The molecule has 0 aromatic heterocycles. The molecule has 9 heteroatoms. The van der Waals surface area contributed by atoms with E-state index in [1.54, 1.807) is 19.2 Å². The van der Waals surface area contributed by atoms with Crippen LogP contribution >= 0.6 is 0 Å². The van der Waals surface area contributed by atoms with Gasteiger partial charge in [-0.2, -0.15) is 0 Å². The van der Waals surface area contributed by atoms with E-state index in [1.165, 1.54) is 6.92 Å². The Labute approximate surface area is 146 Å². The minimum absolute atomic E-state index is 0.119. The molecule has 2 aliphatic rings. The third-order valence-electron chi connectivity index (χ3n) is 5.14. The van der Waals surface area contributed by atoms with E-state index in [2.05, 4.69) is 15.3 Å². The second-order valence-electron chi connectivity index (χ2n) is 6.57. The average molecular weight is 364 g/mol. The van der Waals surface area contributed by atoms with Gasteiger partial charge in [0.2, 0.25) is 5.91 Å². The van der Waals surface area contributed by atoms with Crippen LogP contribution in [0.4, 0.5) is 0 Å². The first-order valence-corrected chi connectivity index (χ1v) is 9.75. The summed E-state index contributed by atoms with van der Waals surface area (Å²) in [6, 6.07) is 6.29. The molecule has 0 spiro atoms. The SMILES string of the molecule is COc1ccc([C@H]2C[C@@H](N=[N+]=[N-])[C@H]3[C@@H]2S(=O)(=O)C[C@@H]3NC(C)=O)cc1. The molecular formula is C16H20N4O4S. The number of azide groups is 1. The molecule has 25 heavy (non-hydrogen) atoms. The van der Waals surface area contributed by atoms with Crippen LogP contribution in [0.3, 0.4) is 0 Å². The molecule has 1 saturated heterocycles. The largest absolute Gasteiger partial charge is 0.497 e. The van der Waals surface area contributed by atoms with Crippen LogP contribution in [0.1, 0.15) is 24.8 Å². The summed E-state index contributed by atoms with van der Waals surface area (Å²) in [4.78, 5) is 14.4. The lowest BCUT2D eigenvalue weighted by Crippen LogP contribution is -2.42. The molecule has 1 N–H and O–H groups in total. The summed E-state index contributed by atoms with van der Waals surface area (Å²) < 4.78 is 30.7. The third-order valence-corrected chi connectivity index (χ3v) is 7.44. The Morgan fingerprint density at radius 2 is 2.04 bits per heavy atom. The second-order valence-corrected chi connectivity index (χ2v) is 8.77. The van der Waals surface area contributed by atoms with E-state index in [0.29, 0.717) is 12.2 Å². The fourth-order valence-corrected chi connectivity index (χ4v) is 6.91. The fraction of sp³-hybridized carbons (Fsp3) is 0.562. The Morgan fingerprint density at radius 1 is 1.36 bits per heavy atom. The van der Waals surface area contributed by atoms with Crippen LogP contribution in [0.25, 0.3) is 10.4 Å². The zero-order valence-corrected chi connectivity index (χ0v) is 14.8. The molecule has 1 amide bonds. The van der Waals surface area contributed by atoms with Crippen molar-refractivity contribution in [2.75, 3.05) is 12.9 Å². The van der Waals surface area contributed by atoms with Crippen LogP contribution < -0.4 is 10.1 Å². The number of hydrogen-bond acceptors (Lipinski definition) is 5. The molecule has 1 aromatic carbocycles. The van der Waals surface area contributed by atoms with Crippen molar-refractivity contribution >= 4 is 15.7 Å². The van der Waals surface area contributed by atoms with Crippen molar-refractivity contribution in [2.45, 2.75) is 36.6 Å². The lowest BCUT2D eigenvalue weighted by molar-refractivity contribution is -0.119. The number of amides is 1. The summed E-state index contributed by atoms with van der Waals surface area (Å²) in [5.41, 5.74) is 9.75. The minimum Gasteiger partial charge on any atom is -0.497 e. The average Bonchev–Trinajstić information content (AvgIpc) is 3.05. The summed E-state index contributed by atoms with van der Waals surface area (Å²) >= 11 is 0. The molecule has 2 fully saturated rings. The normalized spacial score (nSPS) is 32.5. The topological polar surface area (TPSA) is 121 Å². The number of sulfone groups is 1. The Morgan fingerprint density at radius 3 is 2.60 bits per heavy atom. The number of nitrogens with one attached hydrogen (secondary N) is 1. The van der Waals surface area contributed by atoms with E-state index in [9.17, 15) is 13.2 Å². The number of hydrogen-bond donors (Lipinski definition) is 1. The van der Waals surface area contributed by atoms with Gasteiger partial charge in [-0.1, -0.05) is 17.2 Å². The van der Waals surface area contributed by atoms with E-state index in [4.69, 9.17) is 10.3 Å². The number of ether oxygens (including phenoxy) is 1. The molecule has 0 radical (unpaired) electrons. The highest BCUT2D eigenvalue weighted by Crippen LogP contribution is 2.50. The van der Waals surface area contributed by atoms with Gasteiger partial charge in [-0.3, -0.25) is 4.79 Å². The van der Waals surface area contributed by atoms with E-state index < -0.39 is 33.1 Å². The van der Waals surface area contributed by atoms with Gasteiger partial charge in [-0.05, 0) is 29.6 Å².